The number of amides is 1. The Hall–Kier alpha value is -3.68. The maximum absolute atomic E-state index is 12.7. The molecule has 30 heavy (non-hydrogen) atoms. The van der Waals surface area contributed by atoms with Gasteiger partial charge in [-0.05, 0) is 36.2 Å². The number of ether oxygens (including phenoxy) is 2. The molecule has 3 heterocycles. The van der Waals surface area contributed by atoms with Crippen molar-refractivity contribution < 1.29 is 14.3 Å². The number of nitrogens with zero attached hydrogens (tertiary/aromatic N) is 4. The fourth-order valence-corrected chi connectivity index (χ4v) is 3.68. The van der Waals surface area contributed by atoms with E-state index >= 15 is 0 Å². The average Bonchev–Trinajstić information content (AvgIpc) is 3.28. The van der Waals surface area contributed by atoms with Crippen molar-refractivity contribution in [1.82, 2.24) is 19.9 Å². The number of rotatable bonds is 6. The number of likely N-dealkylation sites (tertiary alicyclic amines) is 1. The summed E-state index contributed by atoms with van der Waals surface area (Å²) in [6.07, 6.45) is 5.82. The highest BCUT2D eigenvalue weighted by Gasteiger charge is 2.30. The van der Waals surface area contributed by atoms with Crippen LogP contribution in [0.25, 0.3) is 11.1 Å². The molecule has 1 saturated heterocycles. The zero-order chi connectivity index (χ0) is 20.9. The lowest BCUT2D eigenvalue weighted by Gasteiger charge is -2.18. The molecule has 0 bridgehead atoms. The van der Waals surface area contributed by atoms with Gasteiger partial charge in [-0.2, -0.15) is 0 Å². The largest absolute Gasteiger partial charge is 0.493 e. The number of hydrogen-bond acceptors (Lipinski definition) is 7. The Morgan fingerprint density at radius 1 is 1.23 bits per heavy atom. The van der Waals surface area contributed by atoms with E-state index in [2.05, 4.69) is 15.0 Å². The first kappa shape index (κ1) is 19.6. The van der Waals surface area contributed by atoms with Crippen molar-refractivity contribution in [3.8, 4) is 22.6 Å². The summed E-state index contributed by atoms with van der Waals surface area (Å²) >= 11 is 0. The number of carbonyl (C=O) groups is 1. The Bertz CT molecular complexity index is 1040. The minimum Gasteiger partial charge on any atom is -0.493 e. The molecule has 8 nitrogen and oxygen atoms in total. The molecule has 1 fully saturated rings. The number of hydrogen-bond donors (Lipinski definition) is 1. The van der Waals surface area contributed by atoms with Crippen molar-refractivity contribution in [2.24, 2.45) is 0 Å². The molecule has 1 aliphatic heterocycles. The van der Waals surface area contributed by atoms with Crippen LogP contribution in [-0.4, -0.2) is 52.6 Å². The van der Waals surface area contributed by atoms with Gasteiger partial charge in [-0.1, -0.05) is 12.1 Å². The highest BCUT2D eigenvalue weighted by atomic mass is 16.5. The molecule has 1 atom stereocenters. The molecular formula is C22H23N5O3. The minimum absolute atomic E-state index is 0.0371. The van der Waals surface area contributed by atoms with E-state index in [1.807, 2.05) is 23.1 Å². The van der Waals surface area contributed by atoms with Gasteiger partial charge in [-0.15, -0.1) is 0 Å². The number of pyridine rings is 1. The third-order valence-electron chi connectivity index (χ3n) is 5.18. The molecule has 0 aliphatic carbocycles. The quantitative estimate of drug-likeness (QED) is 0.672. The summed E-state index contributed by atoms with van der Waals surface area (Å²) < 4.78 is 11.0. The Kier molecular flexibility index (Phi) is 5.74. The van der Waals surface area contributed by atoms with Crippen LogP contribution in [0.5, 0.6) is 11.5 Å². The molecule has 3 aromatic rings. The maximum atomic E-state index is 12.7. The second kappa shape index (κ2) is 8.77. The second-order valence-corrected chi connectivity index (χ2v) is 7.06. The molecular weight excluding hydrogens is 382 g/mol. The molecule has 1 aromatic carbocycles. The van der Waals surface area contributed by atoms with Gasteiger partial charge in [0.25, 0.3) is 5.91 Å². The van der Waals surface area contributed by atoms with Crippen molar-refractivity contribution in [2.45, 2.75) is 12.3 Å². The first-order chi connectivity index (χ1) is 14.7. The maximum Gasteiger partial charge on any atom is 0.260 e. The van der Waals surface area contributed by atoms with E-state index < -0.39 is 0 Å². The normalized spacial score (nSPS) is 15.8. The molecule has 1 amide bonds. The monoisotopic (exact) mass is 405 g/mol. The third-order valence-corrected chi connectivity index (χ3v) is 5.18. The number of methoxy groups -OCH3 is 1. The zero-order valence-corrected chi connectivity index (χ0v) is 16.7. The Morgan fingerprint density at radius 2 is 2.07 bits per heavy atom. The third kappa shape index (κ3) is 4.17. The van der Waals surface area contributed by atoms with E-state index in [0.29, 0.717) is 30.4 Å². The number of nitrogens with two attached hydrogens (primary N) is 1. The lowest BCUT2D eigenvalue weighted by molar-refractivity contribution is -0.132. The lowest BCUT2D eigenvalue weighted by Crippen LogP contribution is -2.33. The average molecular weight is 405 g/mol. The smallest absolute Gasteiger partial charge is 0.260 e. The van der Waals surface area contributed by atoms with E-state index in [1.54, 1.807) is 44.0 Å². The van der Waals surface area contributed by atoms with Crippen LogP contribution in [0.4, 0.5) is 5.82 Å². The number of aromatic nitrogens is 3. The molecule has 4 rings (SSSR count). The van der Waals surface area contributed by atoms with Crippen LogP contribution >= 0.6 is 0 Å². The number of nitrogen functional groups attached to an aromatic ring is 1. The summed E-state index contributed by atoms with van der Waals surface area (Å²) in [5.74, 6) is 1.66. The fraction of sp³-hybridized carbons (Fsp3) is 0.273. The van der Waals surface area contributed by atoms with Gasteiger partial charge in [0.1, 0.15) is 12.1 Å². The number of benzene rings is 1. The second-order valence-electron chi connectivity index (χ2n) is 7.06. The lowest BCUT2D eigenvalue weighted by atomic mass is 9.96. The van der Waals surface area contributed by atoms with Crippen molar-refractivity contribution in [3.63, 3.8) is 0 Å². The van der Waals surface area contributed by atoms with Crippen molar-refractivity contribution >= 4 is 11.7 Å². The highest BCUT2D eigenvalue weighted by Crippen LogP contribution is 2.33. The van der Waals surface area contributed by atoms with Gasteiger partial charge in [-0.25, -0.2) is 15.0 Å². The summed E-state index contributed by atoms with van der Waals surface area (Å²) in [6.45, 7) is 1.20. The van der Waals surface area contributed by atoms with Crippen LogP contribution in [0.3, 0.4) is 0 Å². The topological polar surface area (TPSA) is 103 Å². The first-order valence-corrected chi connectivity index (χ1v) is 9.71. The van der Waals surface area contributed by atoms with Gasteiger partial charge in [0.05, 0.1) is 12.8 Å². The summed E-state index contributed by atoms with van der Waals surface area (Å²) in [5, 5.41) is 0. The van der Waals surface area contributed by atoms with E-state index in [1.165, 1.54) is 0 Å². The van der Waals surface area contributed by atoms with Gasteiger partial charge in [0, 0.05) is 37.0 Å². The van der Waals surface area contributed by atoms with E-state index in [-0.39, 0.29) is 18.4 Å². The zero-order valence-electron chi connectivity index (χ0n) is 16.7. The molecule has 154 valence electrons. The Labute approximate surface area is 174 Å². The molecule has 0 saturated carbocycles. The summed E-state index contributed by atoms with van der Waals surface area (Å²) in [5.41, 5.74) is 8.58. The molecule has 0 spiro atoms. The van der Waals surface area contributed by atoms with Crippen LogP contribution in [0.15, 0.2) is 55.1 Å². The van der Waals surface area contributed by atoms with E-state index in [9.17, 15) is 4.79 Å². The molecule has 2 N–H and O–H groups in total. The van der Waals surface area contributed by atoms with Gasteiger partial charge < -0.3 is 20.1 Å². The molecule has 2 aromatic heterocycles. The van der Waals surface area contributed by atoms with Crippen LogP contribution in [0, 0.1) is 0 Å². The summed E-state index contributed by atoms with van der Waals surface area (Å²) in [7, 11) is 1.57. The van der Waals surface area contributed by atoms with Crippen LogP contribution < -0.4 is 15.2 Å². The number of anilines is 1. The fourth-order valence-electron chi connectivity index (χ4n) is 3.68. The molecule has 1 aliphatic rings. The van der Waals surface area contributed by atoms with E-state index in [4.69, 9.17) is 15.2 Å². The minimum atomic E-state index is -0.0628. The summed E-state index contributed by atoms with van der Waals surface area (Å²) in [4.78, 5) is 27.2. The van der Waals surface area contributed by atoms with E-state index in [0.717, 1.165) is 23.2 Å². The number of para-hydroxylation sites is 2. The molecule has 0 unspecified atom stereocenters. The summed E-state index contributed by atoms with van der Waals surface area (Å²) in [6, 6.07) is 11.0. The molecule has 0 radical (unpaired) electrons. The van der Waals surface area contributed by atoms with Crippen LogP contribution in [0.2, 0.25) is 0 Å². The standard InChI is InChI=1S/C22H23N5O3/c1-29-18-4-2-3-5-19(18)30-13-21(28)27-9-7-16(12-27)22-17(11-24-14-26-22)15-6-8-25-20(23)10-15/h2-6,8,10-11,14,16H,7,9,12-13H2,1H3,(H2,23,25)/t16-/m1/s1. The Balaban J connectivity index is 1.44. The van der Waals surface area contributed by atoms with Crippen molar-refractivity contribution in [2.75, 3.05) is 32.5 Å². The van der Waals surface area contributed by atoms with Crippen LogP contribution in [0.1, 0.15) is 18.0 Å². The predicted octanol–water partition coefficient (Wildman–Crippen LogP) is 2.52. The SMILES string of the molecule is COc1ccccc1OCC(=O)N1CC[C@@H](c2ncncc2-c2ccnc(N)c2)C1. The van der Waals surface area contributed by atoms with Gasteiger partial charge in [-0.3, -0.25) is 4.79 Å². The highest BCUT2D eigenvalue weighted by molar-refractivity contribution is 5.78. The Morgan fingerprint density at radius 3 is 2.87 bits per heavy atom. The molecule has 8 heteroatoms. The van der Waals surface area contributed by atoms with Gasteiger partial charge in [0.2, 0.25) is 0 Å². The van der Waals surface area contributed by atoms with Gasteiger partial charge in [0.15, 0.2) is 18.1 Å². The van der Waals surface area contributed by atoms with Crippen molar-refractivity contribution in [3.05, 3.63) is 60.8 Å². The first-order valence-electron chi connectivity index (χ1n) is 9.71. The van der Waals surface area contributed by atoms with Crippen LogP contribution in [-0.2, 0) is 4.79 Å². The van der Waals surface area contributed by atoms with Gasteiger partial charge >= 0.3 is 0 Å². The number of carbonyl (C=O) groups excluding carboxylic acids is 1. The predicted molar refractivity (Wildman–Crippen MR) is 112 cm³/mol. The van der Waals surface area contributed by atoms with Crippen molar-refractivity contribution in [1.29, 1.82) is 0 Å².